The van der Waals surface area contributed by atoms with Gasteiger partial charge in [-0.2, -0.15) is 0 Å². The minimum Gasteiger partial charge on any atom is -0.381 e. The van der Waals surface area contributed by atoms with Gasteiger partial charge in [0.05, 0.1) is 6.61 Å². The van der Waals surface area contributed by atoms with E-state index in [1.165, 1.54) is 25.7 Å². The maximum atomic E-state index is 5.47. The standard InChI is InChI=1S/C13H27NO/c1-4-14-13(7-5-6-11(2)3)12-8-9-15-10-12/h11-14H,4-10H2,1-3H3. The number of ether oxygens (including phenoxy) is 1. The summed E-state index contributed by atoms with van der Waals surface area (Å²) >= 11 is 0. The summed E-state index contributed by atoms with van der Waals surface area (Å²) in [6.07, 6.45) is 5.28. The highest BCUT2D eigenvalue weighted by atomic mass is 16.5. The van der Waals surface area contributed by atoms with Crippen LogP contribution in [-0.2, 0) is 4.74 Å². The molecule has 0 aromatic rings. The third kappa shape index (κ3) is 4.98. The second kappa shape index (κ2) is 7.24. The first-order valence-electron chi connectivity index (χ1n) is 6.55. The Kier molecular flexibility index (Phi) is 6.26. The van der Waals surface area contributed by atoms with E-state index in [0.717, 1.165) is 31.6 Å². The fourth-order valence-electron chi connectivity index (χ4n) is 2.38. The quantitative estimate of drug-likeness (QED) is 0.702. The van der Waals surface area contributed by atoms with Gasteiger partial charge in [-0.25, -0.2) is 0 Å². The van der Waals surface area contributed by atoms with E-state index in [1.807, 2.05) is 0 Å². The zero-order chi connectivity index (χ0) is 11.1. The Morgan fingerprint density at radius 3 is 2.67 bits per heavy atom. The average Bonchev–Trinajstić information content (AvgIpc) is 2.68. The highest BCUT2D eigenvalue weighted by molar-refractivity contribution is 4.79. The Bertz CT molecular complexity index is 153. The largest absolute Gasteiger partial charge is 0.381 e. The normalized spacial score (nSPS) is 23.6. The van der Waals surface area contributed by atoms with Crippen molar-refractivity contribution in [2.75, 3.05) is 19.8 Å². The van der Waals surface area contributed by atoms with Crippen LogP contribution in [-0.4, -0.2) is 25.8 Å². The summed E-state index contributed by atoms with van der Waals surface area (Å²) in [4.78, 5) is 0. The molecule has 0 bridgehead atoms. The van der Waals surface area contributed by atoms with Gasteiger partial charge in [0.2, 0.25) is 0 Å². The molecule has 1 aliphatic rings. The van der Waals surface area contributed by atoms with Gasteiger partial charge in [0.25, 0.3) is 0 Å². The molecule has 1 saturated heterocycles. The molecule has 0 saturated carbocycles. The van der Waals surface area contributed by atoms with Crippen LogP contribution >= 0.6 is 0 Å². The lowest BCUT2D eigenvalue weighted by atomic mass is 9.93. The summed E-state index contributed by atoms with van der Waals surface area (Å²) in [6.45, 7) is 9.84. The van der Waals surface area contributed by atoms with Crippen molar-refractivity contribution in [3.8, 4) is 0 Å². The summed E-state index contributed by atoms with van der Waals surface area (Å²) in [5, 5.41) is 3.62. The van der Waals surface area contributed by atoms with E-state index < -0.39 is 0 Å². The van der Waals surface area contributed by atoms with Crippen molar-refractivity contribution in [1.29, 1.82) is 0 Å². The molecule has 0 aliphatic carbocycles. The van der Waals surface area contributed by atoms with Crippen molar-refractivity contribution in [3.63, 3.8) is 0 Å². The number of rotatable bonds is 7. The molecule has 2 nitrogen and oxygen atoms in total. The molecule has 0 amide bonds. The van der Waals surface area contributed by atoms with Crippen LogP contribution in [0.5, 0.6) is 0 Å². The Labute approximate surface area is 94.8 Å². The van der Waals surface area contributed by atoms with Crippen molar-refractivity contribution in [3.05, 3.63) is 0 Å². The molecule has 90 valence electrons. The number of hydrogen-bond acceptors (Lipinski definition) is 2. The molecule has 1 heterocycles. The summed E-state index contributed by atoms with van der Waals surface area (Å²) < 4.78 is 5.47. The van der Waals surface area contributed by atoms with Gasteiger partial charge in [0, 0.05) is 12.6 Å². The number of nitrogens with one attached hydrogen (secondary N) is 1. The molecule has 0 radical (unpaired) electrons. The van der Waals surface area contributed by atoms with Crippen LogP contribution in [0.3, 0.4) is 0 Å². The Balaban J connectivity index is 2.23. The molecule has 15 heavy (non-hydrogen) atoms. The SMILES string of the molecule is CCNC(CCCC(C)C)C1CCOC1. The van der Waals surface area contributed by atoms with Crippen molar-refractivity contribution in [2.24, 2.45) is 11.8 Å². The molecule has 2 heteroatoms. The minimum atomic E-state index is 0.691. The molecule has 2 atom stereocenters. The maximum Gasteiger partial charge on any atom is 0.0510 e. The molecule has 0 spiro atoms. The molecule has 2 unspecified atom stereocenters. The third-order valence-corrected chi connectivity index (χ3v) is 3.30. The minimum absolute atomic E-state index is 0.691. The van der Waals surface area contributed by atoms with E-state index in [1.54, 1.807) is 0 Å². The first-order chi connectivity index (χ1) is 7.24. The van der Waals surface area contributed by atoms with Crippen molar-refractivity contribution < 1.29 is 4.74 Å². The maximum absolute atomic E-state index is 5.47. The first kappa shape index (κ1) is 13.0. The van der Waals surface area contributed by atoms with Gasteiger partial charge < -0.3 is 10.1 Å². The zero-order valence-corrected chi connectivity index (χ0v) is 10.6. The second-order valence-electron chi connectivity index (χ2n) is 5.11. The third-order valence-electron chi connectivity index (χ3n) is 3.30. The lowest BCUT2D eigenvalue weighted by Gasteiger charge is -2.23. The van der Waals surface area contributed by atoms with Crippen LogP contribution in [0.1, 0.15) is 46.5 Å². The molecule has 1 fully saturated rings. The lowest BCUT2D eigenvalue weighted by Crippen LogP contribution is -2.36. The molecule has 1 N–H and O–H groups in total. The summed E-state index contributed by atoms with van der Waals surface area (Å²) in [5.74, 6) is 1.60. The molecule has 1 aliphatic heterocycles. The molecule has 0 aromatic heterocycles. The van der Waals surface area contributed by atoms with Crippen molar-refractivity contribution in [2.45, 2.75) is 52.5 Å². The average molecular weight is 213 g/mol. The van der Waals surface area contributed by atoms with Crippen LogP contribution < -0.4 is 5.32 Å². The molecule has 1 rings (SSSR count). The van der Waals surface area contributed by atoms with E-state index in [9.17, 15) is 0 Å². The predicted molar refractivity (Wildman–Crippen MR) is 65.1 cm³/mol. The van der Waals surface area contributed by atoms with E-state index in [4.69, 9.17) is 4.74 Å². The number of hydrogen-bond donors (Lipinski definition) is 1. The van der Waals surface area contributed by atoms with Crippen LogP contribution in [0.4, 0.5) is 0 Å². The van der Waals surface area contributed by atoms with Crippen LogP contribution in [0.2, 0.25) is 0 Å². The summed E-state index contributed by atoms with van der Waals surface area (Å²) in [5.41, 5.74) is 0. The van der Waals surface area contributed by atoms with Gasteiger partial charge in [-0.1, -0.05) is 33.6 Å². The second-order valence-corrected chi connectivity index (χ2v) is 5.11. The van der Waals surface area contributed by atoms with E-state index >= 15 is 0 Å². The van der Waals surface area contributed by atoms with Gasteiger partial charge in [-0.3, -0.25) is 0 Å². The van der Waals surface area contributed by atoms with Gasteiger partial charge in [0.1, 0.15) is 0 Å². The Hall–Kier alpha value is -0.0800. The van der Waals surface area contributed by atoms with Gasteiger partial charge in [-0.05, 0) is 31.2 Å². The van der Waals surface area contributed by atoms with Crippen LogP contribution in [0, 0.1) is 11.8 Å². The van der Waals surface area contributed by atoms with Gasteiger partial charge in [0.15, 0.2) is 0 Å². The van der Waals surface area contributed by atoms with Gasteiger partial charge in [-0.15, -0.1) is 0 Å². The smallest absolute Gasteiger partial charge is 0.0510 e. The Morgan fingerprint density at radius 1 is 1.33 bits per heavy atom. The highest BCUT2D eigenvalue weighted by Crippen LogP contribution is 2.21. The van der Waals surface area contributed by atoms with E-state index in [2.05, 4.69) is 26.1 Å². The van der Waals surface area contributed by atoms with E-state index in [-0.39, 0.29) is 0 Å². The zero-order valence-electron chi connectivity index (χ0n) is 10.6. The monoisotopic (exact) mass is 213 g/mol. The van der Waals surface area contributed by atoms with E-state index in [0.29, 0.717) is 6.04 Å². The lowest BCUT2D eigenvalue weighted by molar-refractivity contribution is 0.174. The Morgan fingerprint density at radius 2 is 2.13 bits per heavy atom. The summed E-state index contributed by atoms with van der Waals surface area (Å²) in [6, 6.07) is 0.691. The molecular formula is C13H27NO. The molecule has 0 aromatic carbocycles. The van der Waals surface area contributed by atoms with Crippen LogP contribution in [0.25, 0.3) is 0 Å². The first-order valence-corrected chi connectivity index (χ1v) is 6.55. The van der Waals surface area contributed by atoms with Crippen molar-refractivity contribution in [1.82, 2.24) is 5.32 Å². The fourth-order valence-corrected chi connectivity index (χ4v) is 2.38. The van der Waals surface area contributed by atoms with Gasteiger partial charge >= 0.3 is 0 Å². The highest BCUT2D eigenvalue weighted by Gasteiger charge is 2.24. The van der Waals surface area contributed by atoms with Crippen LogP contribution in [0.15, 0.2) is 0 Å². The van der Waals surface area contributed by atoms with Crippen molar-refractivity contribution >= 4 is 0 Å². The molecular weight excluding hydrogens is 186 g/mol. The topological polar surface area (TPSA) is 21.3 Å². The fraction of sp³-hybridized carbons (Fsp3) is 1.00. The summed E-state index contributed by atoms with van der Waals surface area (Å²) in [7, 11) is 0. The predicted octanol–water partition coefficient (Wildman–Crippen LogP) is 2.83.